The van der Waals surface area contributed by atoms with E-state index in [1.165, 1.54) is 75.4 Å². The van der Waals surface area contributed by atoms with Gasteiger partial charge >= 0.3 is 0 Å². The fourth-order valence-corrected chi connectivity index (χ4v) is 8.68. The van der Waals surface area contributed by atoms with Gasteiger partial charge in [0.05, 0.1) is 71.5 Å². The van der Waals surface area contributed by atoms with Crippen molar-refractivity contribution in [3.63, 3.8) is 0 Å². The van der Waals surface area contributed by atoms with Gasteiger partial charge in [-0.1, -0.05) is 56.2 Å². The minimum atomic E-state index is -0.740. The van der Waals surface area contributed by atoms with Crippen LogP contribution >= 0.6 is 21.6 Å². The van der Waals surface area contributed by atoms with E-state index in [1.807, 2.05) is 20.8 Å². The molecule has 0 aromatic heterocycles. The summed E-state index contributed by atoms with van der Waals surface area (Å²) >= 11 is 0. The van der Waals surface area contributed by atoms with Gasteiger partial charge in [0, 0.05) is 119 Å². The second-order valence-corrected chi connectivity index (χ2v) is 23.1. The molecule has 13 amide bonds. The molecule has 0 saturated carbocycles. The summed E-state index contributed by atoms with van der Waals surface area (Å²) in [6, 6.07) is -0.740. The second kappa shape index (κ2) is 36.6. The van der Waals surface area contributed by atoms with Crippen molar-refractivity contribution < 1.29 is 67.1 Å². The number of rotatable bonds is 35. The molecule has 0 spiro atoms. The SMILES string of the molecule is CC(CNC(=O)C(C)C)SSCCCC(=O)NCCC(=O)N(C)CC(=O)N(C)CC(=O)N(C)CC(=O)N(C)CC(=O)N(C)CC(=O)N(C)CC(=O)N(C)CC(=O)N(C)CC(=O)N(C)CC(=O)N(C)CC(=O)N[C@@H](C)C(=O)C(C)C. The zero-order valence-corrected chi connectivity index (χ0v) is 50.8. The first kappa shape index (κ1) is 72.5. The minimum Gasteiger partial charge on any atom is -0.356 e. The van der Waals surface area contributed by atoms with Crippen LogP contribution in [0.3, 0.4) is 0 Å². The molecule has 0 aromatic rings. The normalized spacial score (nSPS) is 11.5. The van der Waals surface area contributed by atoms with Crippen molar-refractivity contribution in [3.8, 4) is 0 Å². The third-order valence-electron chi connectivity index (χ3n) is 12.0. The molecule has 0 rings (SSSR count). The molecule has 0 bridgehead atoms. The summed E-state index contributed by atoms with van der Waals surface area (Å²) in [6.07, 6.45) is 0.859. The molecule has 0 aliphatic rings. The van der Waals surface area contributed by atoms with E-state index in [-0.39, 0.29) is 67.2 Å². The highest BCUT2D eigenvalue weighted by molar-refractivity contribution is 8.76. The second-order valence-electron chi connectivity index (χ2n) is 20.2. The number of carbonyl (C=O) groups excluding carboxylic acids is 14. The largest absolute Gasteiger partial charge is 0.356 e. The third-order valence-corrected chi connectivity index (χ3v) is 15.0. The van der Waals surface area contributed by atoms with Gasteiger partial charge in [0.2, 0.25) is 76.8 Å². The van der Waals surface area contributed by atoms with Gasteiger partial charge in [-0.3, -0.25) is 67.1 Å². The number of nitrogens with zero attached hydrogens (tertiary/aromatic N) is 10. The van der Waals surface area contributed by atoms with Crippen LogP contribution in [0.15, 0.2) is 0 Å². The van der Waals surface area contributed by atoms with E-state index < -0.39 is 123 Å². The van der Waals surface area contributed by atoms with E-state index >= 15 is 0 Å². The molecule has 0 heterocycles. The lowest BCUT2D eigenvalue weighted by Gasteiger charge is -2.27. The maximum absolute atomic E-state index is 13.0. The predicted molar refractivity (Wildman–Crippen MR) is 298 cm³/mol. The molecule has 0 saturated heterocycles. The number of hydrogen-bond acceptors (Lipinski definition) is 16. The number of nitrogens with one attached hydrogen (secondary N) is 3. The number of hydrogen-bond donors (Lipinski definition) is 3. The van der Waals surface area contributed by atoms with Crippen LogP contribution < -0.4 is 16.0 Å². The van der Waals surface area contributed by atoms with E-state index in [0.29, 0.717) is 13.0 Å². The van der Waals surface area contributed by atoms with Crippen LogP contribution in [-0.2, 0) is 67.1 Å². The first-order valence-corrected chi connectivity index (χ1v) is 28.0. The van der Waals surface area contributed by atoms with Gasteiger partial charge in [-0.15, -0.1) is 0 Å². The van der Waals surface area contributed by atoms with Gasteiger partial charge in [0.15, 0.2) is 5.78 Å². The Morgan fingerprint density at radius 3 is 0.975 bits per heavy atom. The predicted octanol–water partition coefficient (Wildman–Crippen LogP) is -2.87. The number of likely N-dealkylation sites (N-methyl/N-ethyl adjacent to an activating group) is 10. The average Bonchev–Trinajstić information content (AvgIpc) is 3.36. The van der Waals surface area contributed by atoms with Crippen molar-refractivity contribution in [2.24, 2.45) is 11.8 Å². The van der Waals surface area contributed by atoms with E-state index in [0.717, 1.165) is 49.9 Å². The lowest BCUT2D eigenvalue weighted by Crippen LogP contribution is -2.49. The molecule has 79 heavy (non-hydrogen) atoms. The minimum absolute atomic E-state index is 0.00422. The Hall–Kier alpha value is -6.52. The van der Waals surface area contributed by atoms with Crippen molar-refractivity contribution in [1.82, 2.24) is 64.9 Å². The summed E-state index contributed by atoms with van der Waals surface area (Å²) in [7, 11) is 16.7. The molecular weight excluding hydrogens is 1070 g/mol. The Kier molecular flexibility index (Phi) is 33.6. The number of amides is 13. The zero-order chi connectivity index (χ0) is 61.0. The fraction of sp³-hybridized carbons (Fsp3) is 0.720. The van der Waals surface area contributed by atoms with E-state index in [9.17, 15) is 67.1 Å². The molecule has 3 N–H and O–H groups in total. The highest BCUT2D eigenvalue weighted by Gasteiger charge is 2.27. The Labute approximate surface area is 473 Å². The number of ketones is 1. The third kappa shape index (κ3) is 29.3. The maximum atomic E-state index is 13.0. The van der Waals surface area contributed by atoms with Crippen LogP contribution in [0.1, 0.15) is 60.8 Å². The Morgan fingerprint density at radius 1 is 0.367 bits per heavy atom. The van der Waals surface area contributed by atoms with Crippen LogP contribution in [-0.4, -0.2) is 298 Å². The van der Waals surface area contributed by atoms with Crippen LogP contribution in [0.4, 0.5) is 0 Å². The lowest BCUT2D eigenvalue weighted by atomic mass is 10.0. The van der Waals surface area contributed by atoms with Crippen molar-refractivity contribution >= 4 is 104 Å². The van der Waals surface area contributed by atoms with Gasteiger partial charge in [0.25, 0.3) is 0 Å². The molecule has 0 aliphatic heterocycles. The summed E-state index contributed by atoms with van der Waals surface area (Å²) in [6.45, 7) is 6.95. The van der Waals surface area contributed by atoms with Crippen molar-refractivity contribution in [1.29, 1.82) is 0 Å². The highest BCUT2D eigenvalue weighted by Crippen LogP contribution is 2.27. The van der Waals surface area contributed by atoms with Crippen molar-refractivity contribution in [3.05, 3.63) is 0 Å². The zero-order valence-electron chi connectivity index (χ0n) is 49.1. The van der Waals surface area contributed by atoms with E-state index in [4.69, 9.17) is 0 Å². The summed E-state index contributed by atoms with van der Waals surface area (Å²) < 4.78 is 0. The Balaban J connectivity index is 4.77. The van der Waals surface area contributed by atoms with Gasteiger partial charge < -0.3 is 64.9 Å². The molecule has 2 atom stereocenters. The van der Waals surface area contributed by atoms with Gasteiger partial charge in [0.1, 0.15) is 0 Å². The standard InChI is InChI=1S/C50H87N13O14S2/c1-33(2)49(76)36(6)53-38(65)23-54(7)40(67)25-56(9)42(69)27-58(11)44(71)29-60(13)46(73)31-62(15)48(75)32-63(16)47(74)30-61(14)45(72)28-59(12)43(70)26-57(10)41(68)24-55(8)39(66)19-20-51-37(64)18-17-21-78-79-35(5)22-52-50(77)34(3)4/h33-36H,17-32H2,1-16H3,(H,51,64)(H,52,77)(H,53,65)/t35?,36-/m0/s1. The average molecular weight is 1160 g/mol. The highest BCUT2D eigenvalue weighted by atomic mass is 33.1. The molecule has 1 unspecified atom stereocenters. The summed E-state index contributed by atoms with van der Waals surface area (Å²) in [5.74, 6) is -6.48. The molecule has 0 aromatic carbocycles. The van der Waals surface area contributed by atoms with Crippen molar-refractivity contribution in [2.45, 2.75) is 72.1 Å². The topological polar surface area (TPSA) is 307 Å². The molecule has 27 nitrogen and oxygen atoms in total. The monoisotopic (exact) mass is 1160 g/mol. The molecule has 0 fully saturated rings. The fourth-order valence-electron chi connectivity index (χ4n) is 6.39. The molecular formula is C50H87N13O14S2. The molecule has 29 heteroatoms. The van der Waals surface area contributed by atoms with E-state index in [2.05, 4.69) is 16.0 Å². The first-order chi connectivity index (χ1) is 36.6. The molecule has 0 aliphatic carbocycles. The number of carbonyl (C=O) groups is 14. The van der Waals surface area contributed by atoms with E-state index in [1.54, 1.807) is 42.4 Å². The van der Waals surface area contributed by atoms with Crippen LogP contribution in [0.25, 0.3) is 0 Å². The van der Waals surface area contributed by atoms with Crippen molar-refractivity contribution in [2.75, 3.05) is 155 Å². The smallest absolute Gasteiger partial charge is 0.242 e. The summed E-state index contributed by atoms with van der Waals surface area (Å²) in [5.41, 5.74) is 0. The van der Waals surface area contributed by atoms with Crippen LogP contribution in [0.2, 0.25) is 0 Å². The Bertz CT molecular complexity index is 2170. The maximum Gasteiger partial charge on any atom is 0.242 e. The lowest BCUT2D eigenvalue weighted by molar-refractivity contribution is -0.146. The summed E-state index contributed by atoms with van der Waals surface area (Å²) in [4.78, 5) is 188. The Morgan fingerprint density at radius 2 is 0.671 bits per heavy atom. The summed E-state index contributed by atoms with van der Waals surface area (Å²) in [5, 5.41) is 8.34. The first-order valence-electron chi connectivity index (χ1n) is 25.6. The van der Waals surface area contributed by atoms with Gasteiger partial charge in [-0.25, -0.2) is 0 Å². The van der Waals surface area contributed by atoms with Gasteiger partial charge in [-0.2, -0.15) is 0 Å². The van der Waals surface area contributed by atoms with Gasteiger partial charge in [-0.05, 0) is 13.3 Å². The quantitative estimate of drug-likeness (QED) is 0.0424. The van der Waals surface area contributed by atoms with Crippen LogP contribution in [0, 0.1) is 11.8 Å². The van der Waals surface area contributed by atoms with Crippen LogP contribution in [0.5, 0.6) is 0 Å². The molecule has 448 valence electrons. The number of Topliss-reactive ketones (excluding diaryl/α,β-unsaturated/α-hetero) is 1. The molecule has 0 radical (unpaired) electrons.